The minimum atomic E-state index is -0.981. The summed E-state index contributed by atoms with van der Waals surface area (Å²) in [6.45, 7) is 4.36. The highest BCUT2D eigenvalue weighted by Gasteiger charge is 2.41. The van der Waals surface area contributed by atoms with E-state index in [0.717, 1.165) is 12.8 Å². The first-order valence-corrected chi connectivity index (χ1v) is 5.73. The van der Waals surface area contributed by atoms with E-state index in [2.05, 4.69) is 5.16 Å². The summed E-state index contributed by atoms with van der Waals surface area (Å²) < 4.78 is 5.00. The molecule has 1 rings (SSSR count). The van der Waals surface area contributed by atoms with Gasteiger partial charge >= 0.3 is 0 Å². The Bertz CT molecular complexity index is 311. The summed E-state index contributed by atoms with van der Waals surface area (Å²) in [6.07, 6.45) is 2.03. The summed E-state index contributed by atoms with van der Waals surface area (Å²) in [7, 11) is 1.60. The predicted octanol–water partition coefficient (Wildman–Crippen LogP) is 0.396. The molecule has 98 valence electrons. The van der Waals surface area contributed by atoms with Crippen molar-refractivity contribution in [3.05, 3.63) is 0 Å². The molecule has 6 nitrogen and oxygen atoms in total. The third-order valence-corrected chi connectivity index (χ3v) is 3.07. The van der Waals surface area contributed by atoms with E-state index in [-0.39, 0.29) is 17.8 Å². The van der Waals surface area contributed by atoms with Gasteiger partial charge in [-0.2, -0.15) is 0 Å². The van der Waals surface area contributed by atoms with Crippen molar-refractivity contribution in [2.45, 2.75) is 32.7 Å². The molecule has 0 saturated heterocycles. The molecule has 1 aliphatic carbocycles. The van der Waals surface area contributed by atoms with Gasteiger partial charge in [-0.3, -0.25) is 4.79 Å². The third kappa shape index (κ3) is 3.09. The van der Waals surface area contributed by atoms with Gasteiger partial charge in [0, 0.05) is 19.7 Å². The van der Waals surface area contributed by atoms with Crippen molar-refractivity contribution >= 4 is 11.7 Å². The summed E-state index contributed by atoms with van der Waals surface area (Å²) in [5, 5.41) is 11.6. The Hall–Kier alpha value is -1.30. The van der Waals surface area contributed by atoms with Crippen LogP contribution in [0.2, 0.25) is 0 Å². The number of nitrogens with zero attached hydrogens (tertiary/aromatic N) is 2. The van der Waals surface area contributed by atoms with Gasteiger partial charge in [0.2, 0.25) is 5.91 Å². The van der Waals surface area contributed by atoms with Crippen molar-refractivity contribution in [1.82, 2.24) is 4.90 Å². The average Bonchev–Trinajstić information content (AvgIpc) is 3.12. The predicted molar refractivity (Wildman–Crippen MR) is 63.8 cm³/mol. The molecule has 0 heterocycles. The van der Waals surface area contributed by atoms with Gasteiger partial charge in [0.25, 0.3) is 0 Å². The lowest BCUT2D eigenvalue weighted by atomic mass is 9.90. The van der Waals surface area contributed by atoms with E-state index in [1.54, 1.807) is 25.9 Å². The normalized spacial score (nSPS) is 17.0. The van der Waals surface area contributed by atoms with E-state index in [9.17, 15) is 4.79 Å². The van der Waals surface area contributed by atoms with Crippen molar-refractivity contribution in [2.24, 2.45) is 16.3 Å². The highest BCUT2D eigenvalue weighted by molar-refractivity contribution is 6.06. The van der Waals surface area contributed by atoms with Gasteiger partial charge in [0.1, 0.15) is 5.41 Å². The van der Waals surface area contributed by atoms with Crippen molar-refractivity contribution in [3.63, 3.8) is 0 Å². The van der Waals surface area contributed by atoms with Crippen molar-refractivity contribution in [1.29, 1.82) is 0 Å². The van der Waals surface area contributed by atoms with Crippen LogP contribution in [0.5, 0.6) is 0 Å². The number of oxime groups is 1. The first-order valence-electron chi connectivity index (χ1n) is 5.73. The number of ether oxygens (including phenoxy) is 1. The fraction of sp³-hybridized carbons (Fsp3) is 0.818. The molecule has 0 aromatic heterocycles. The standard InChI is InChI=1S/C11H21N3O3/c1-11(2,9(12)13-16)10(15)14(6-7-17-3)8-4-5-8/h8,16H,4-7H2,1-3H3,(H2,12,13). The molecule has 1 saturated carbocycles. The second kappa shape index (κ2) is 5.35. The molecule has 17 heavy (non-hydrogen) atoms. The van der Waals surface area contributed by atoms with Crippen LogP contribution in [0.1, 0.15) is 26.7 Å². The third-order valence-electron chi connectivity index (χ3n) is 3.07. The number of carbonyl (C=O) groups is 1. The maximum atomic E-state index is 12.4. The average molecular weight is 243 g/mol. The zero-order valence-corrected chi connectivity index (χ0v) is 10.6. The second-order valence-electron chi connectivity index (χ2n) is 4.83. The molecule has 0 spiro atoms. The fourth-order valence-electron chi connectivity index (χ4n) is 1.62. The topological polar surface area (TPSA) is 88.2 Å². The molecule has 1 fully saturated rings. The summed E-state index contributed by atoms with van der Waals surface area (Å²) in [4.78, 5) is 14.1. The maximum Gasteiger partial charge on any atom is 0.236 e. The van der Waals surface area contributed by atoms with Gasteiger partial charge in [0.15, 0.2) is 5.84 Å². The molecule has 3 N–H and O–H groups in total. The number of rotatable bonds is 6. The highest BCUT2D eigenvalue weighted by Crippen LogP contribution is 2.31. The lowest BCUT2D eigenvalue weighted by molar-refractivity contribution is -0.138. The van der Waals surface area contributed by atoms with E-state index in [4.69, 9.17) is 15.7 Å². The minimum Gasteiger partial charge on any atom is -0.409 e. The number of nitrogens with two attached hydrogens (primary N) is 1. The van der Waals surface area contributed by atoms with Crippen LogP contribution in [0, 0.1) is 5.41 Å². The lowest BCUT2D eigenvalue weighted by Crippen LogP contribution is -2.49. The first-order chi connectivity index (χ1) is 7.95. The molecule has 0 aromatic rings. The Morgan fingerprint density at radius 1 is 1.59 bits per heavy atom. The second-order valence-corrected chi connectivity index (χ2v) is 4.83. The van der Waals surface area contributed by atoms with E-state index < -0.39 is 5.41 Å². The maximum absolute atomic E-state index is 12.4. The Kier molecular flexibility index (Phi) is 4.34. The van der Waals surface area contributed by atoms with Gasteiger partial charge in [-0.25, -0.2) is 0 Å². The molecule has 0 aromatic carbocycles. The quantitative estimate of drug-likeness (QED) is 0.306. The van der Waals surface area contributed by atoms with E-state index in [1.165, 1.54) is 0 Å². The number of amidine groups is 1. The molecule has 1 amide bonds. The summed E-state index contributed by atoms with van der Waals surface area (Å²) in [6, 6.07) is 0.281. The Balaban J connectivity index is 2.76. The number of hydrogen-bond donors (Lipinski definition) is 2. The van der Waals surface area contributed by atoms with E-state index in [1.807, 2.05) is 0 Å². The van der Waals surface area contributed by atoms with Crippen molar-refractivity contribution in [3.8, 4) is 0 Å². The number of hydrogen-bond acceptors (Lipinski definition) is 4. The summed E-state index contributed by atoms with van der Waals surface area (Å²) >= 11 is 0. The number of methoxy groups -OCH3 is 1. The fourth-order valence-corrected chi connectivity index (χ4v) is 1.62. The van der Waals surface area contributed by atoms with Crippen LogP contribution in [0.25, 0.3) is 0 Å². The first kappa shape index (κ1) is 13.8. The van der Waals surface area contributed by atoms with Crippen LogP contribution >= 0.6 is 0 Å². The summed E-state index contributed by atoms with van der Waals surface area (Å²) in [5.74, 6) is -0.182. The van der Waals surface area contributed by atoms with Crippen LogP contribution in [0.3, 0.4) is 0 Å². The minimum absolute atomic E-state index is 0.0643. The van der Waals surface area contributed by atoms with Gasteiger partial charge in [-0.15, -0.1) is 0 Å². The van der Waals surface area contributed by atoms with E-state index >= 15 is 0 Å². The Labute approximate surface area is 101 Å². The van der Waals surface area contributed by atoms with Gasteiger partial charge in [-0.1, -0.05) is 5.16 Å². The van der Waals surface area contributed by atoms with Crippen LogP contribution in [-0.2, 0) is 9.53 Å². The smallest absolute Gasteiger partial charge is 0.236 e. The molecule has 0 unspecified atom stereocenters. The van der Waals surface area contributed by atoms with Crippen LogP contribution < -0.4 is 5.73 Å². The van der Waals surface area contributed by atoms with Crippen molar-refractivity contribution in [2.75, 3.05) is 20.3 Å². The van der Waals surface area contributed by atoms with Crippen LogP contribution in [0.4, 0.5) is 0 Å². The monoisotopic (exact) mass is 243 g/mol. The van der Waals surface area contributed by atoms with Gasteiger partial charge < -0.3 is 20.6 Å². The molecule has 0 radical (unpaired) electrons. The highest BCUT2D eigenvalue weighted by atomic mass is 16.5. The van der Waals surface area contributed by atoms with Crippen molar-refractivity contribution < 1.29 is 14.7 Å². The zero-order chi connectivity index (χ0) is 13.1. The van der Waals surface area contributed by atoms with E-state index in [0.29, 0.717) is 13.2 Å². The van der Waals surface area contributed by atoms with Gasteiger partial charge in [0.05, 0.1) is 6.61 Å². The molecular weight excluding hydrogens is 222 g/mol. The largest absolute Gasteiger partial charge is 0.409 e. The molecule has 6 heteroatoms. The lowest BCUT2D eigenvalue weighted by Gasteiger charge is -2.31. The zero-order valence-electron chi connectivity index (χ0n) is 10.6. The number of amides is 1. The van der Waals surface area contributed by atoms with Crippen LogP contribution in [0.15, 0.2) is 5.16 Å². The SMILES string of the molecule is COCCN(C(=O)C(C)(C)C(N)=NO)C1CC1. The molecule has 1 aliphatic rings. The Morgan fingerprint density at radius 2 is 2.18 bits per heavy atom. The molecule has 0 aliphatic heterocycles. The van der Waals surface area contributed by atoms with Gasteiger partial charge in [-0.05, 0) is 26.7 Å². The molecular formula is C11H21N3O3. The molecule has 0 atom stereocenters. The Morgan fingerprint density at radius 3 is 2.59 bits per heavy atom. The molecule has 0 bridgehead atoms. The number of carbonyl (C=O) groups excluding carboxylic acids is 1. The van der Waals surface area contributed by atoms with Crippen LogP contribution in [-0.4, -0.2) is 48.2 Å². The summed E-state index contributed by atoms with van der Waals surface area (Å²) in [5.41, 5.74) is 4.58.